The molecular weight excluding hydrogens is 274 g/mol. The van der Waals surface area contributed by atoms with Crippen molar-refractivity contribution in [3.05, 3.63) is 47.7 Å². The Morgan fingerprint density at radius 2 is 1.95 bits per heavy atom. The monoisotopic (exact) mass is 295 g/mol. The minimum Gasteiger partial charge on any atom is -0.366 e. The van der Waals surface area contributed by atoms with Crippen LogP contribution in [0, 0.1) is 13.8 Å². The minimum absolute atomic E-state index is 0.403. The molecule has 1 N–H and O–H groups in total. The number of benzene rings is 1. The van der Waals surface area contributed by atoms with Crippen molar-refractivity contribution in [2.75, 3.05) is 5.32 Å². The number of fused-ring (bicyclic) bond motifs is 1. The number of aryl methyl sites for hydroxylation is 2. The van der Waals surface area contributed by atoms with Crippen molar-refractivity contribution in [1.82, 2.24) is 19.5 Å². The number of nitrogens with one attached hydrogen (secondary N) is 1. The maximum atomic E-state index is 4.44. The lowest BCUT2D eigenvalue weighted by Gasteiger charge is -2.10. The third kappa shape index (κ3) is 2.93. The highest BCUT2D eigenvalue weighted by Gasteiger charge is 2.06. The van der Waals surface area contributed by atoms with Gasteiger partial charge in [0.05, 0.1) is 17.4 Å². The van der Waals surface area contributed by atoms with Crippen LogP contribution >= 0.6 is 0 Å². The number of hydrogen-bond donors (Lipinski definition) is 1. The summed E-state index contributed by atoms with van der Waals surface area (Å²) in [4.78, 5) is 13.1. The molecule has 0 amide bonds. The number of aromatic nitrogens is 4. The number of hydrogen-bond acceptors (Lipinski definition) is 4. The summed E-state index contributed by atoms with van der Waals surface area (Å²) < 4.78 is 2.19. The van der Waals surface area contributed by atoms with Crippen LogP contribution in [-0.2, 0) is 6.54 Å². The van der Waals surface area contributed by atoms with E-state index in [1.54, 1.807) is 0 Å². The maximum absolute atomic E-state index is 4.44. The average Bonchev–Trinajstić information content (AvgIpc) is 2.87. The summed E-state index contributed by atoms with van der Waals surface area (Å²) >= 11 is 0. The SMILES string of the molecule is Cc1cc(NCc2ccc3ncn(C(C)C)c3c2)nc(C)n1. The molecule has 0 aliphatic carbocycles. The topological polar surface area (TPSA) is 55.6 Å². The summed E-state index contributed by atoms with van der Waals surface area (Å²) in [5, 5.41) is 3.37. The van der Waals surface area contributed by atoms with Gasteiger partial charge < -0.3 is 9.88 Å². The molecule has 3 aromatic rings. The smallest absolute Gasteiger partial charge is 0.130 e. The number of imidazole rings is 1. The van der Waals surface area contributed by atoms with E-state index in [1.165, 1.54) is 11.1 Å². The zero-order valence-corrected chi connectivity index (χ0v) is 13.5. The highest BCUT2D eigenvalue weighted by atomic mass is 15.1. The third-order valence-corrected chi connectivity index (χ3v) is 3.64. The second kappa shape index (κ2) is 5.75. The second-order valence-corrected chi connectivity index (χ2v) is 5.86. The molecule has 0 atom stereocenters. The first-order chi connectivity index (χ1) is 10.5. The van der Waals surface area contributed by atoms with Gasteiger partial charge in [0.2, 0.25) is 0 Å². The summed E-state index contributed by atoms with van der Waals surface area (Å²) in [6, 6.07) is 8.73. The minimum atomic E-state index is 0.403. The van der Waals surface area contributed by atoms with Crippen LogP contribution in [-0.4, -0.2) is 19.5 Å². The lowest BCUT2D eigenvalue weighted by Crippen LogP contribution is -2.04. The predicted octanol–water partition coefficient (Wildman–Crippen LogP) is 3.64. The van der Waals surface area contributed by atoms with E-state index in [9.17, 15) is 0 Å². The molecule has 0 radical (unpaired) electrons. The highest BCUT2D eigenvalue weighted by Crippen LogP contribution is 2.19. The molecular formula is C17H21N5. The van der Waals surface area contributed by atoms with Gasteiger partial charge in [0, 0.05) is 24.3 Å². The maximum Gasteiger partial charge on any atom is 0.130 e. The van der Waals surface area contributed by atoms with Gasteiger partial charge in [0.1, 0.15) is 11.6 Å². The molecule has 3 rings (SSSR count). The Labute approximate surface area is 130 Å². The van der Waals surface area contributed by atoms with Crippen molar-refractivity contribution in [1.29, 1.82) is 0 Å². The summed E-state index contributed by atoms with van der Waals surface area (Å²) in [6.07, 6.45) is 1.91. The van der Waals surface area contributed by atoms with Crippen molar-refractivity contribution < 1.29 is 0 Å². The molecule has 0 bridgehead atoms. The summed E-state index contributed by atoms with van der Waals surface area (Å²) in [7, 11) is 0. The van der Waals surface area contributed by atoms with Crippen molar-refractivity contribution in [3.8, 4) is 0 Å². The van der Waals surface area contributed by atoms with E-state index in [4.69, 9.17) is 0 Å². The van der Waals surface area contributed by atoms with Gasteiger partial charge in [-0.3, -0.25) is 0 Å². The van der Waals surface area contributed by atoms with Gasteiger partial charge in [-0.2, -0.15) is 0 Å². The number of nitrogens with zero attached hydrogens (tertiary/aromatic N) is 4. The van der Waals surface area contributed by atoms with Crippen LogP contribution in [0.3, 0.4) is 0 Å². The zero-order chi connectivity index (χ0) is 15.7. The molecule has 114 valence electrons. The third-order valence-electron chi connectivity index (χ3n) is 3.64. The second-order valence-electron chi connectivity index (χ2n) is 5.86. The molecule has 0 saturated carbocycles. The van der Waals surface area contributed by atoms with E-state index >= 15 is 0 Å². The molecule has 0 saturated heterocycles. The average molecular weight is 295 g/mol. The van der Waals surface area contributed by atoms with Crippen molar-refractivity contribution >= 4 is 16.9 Å². The Morgan fingerprint density at radius 3 is 2.68 bits per heavy atom. The summed E-state index contributed by atoms with van der Waals surface area (Å²) in [6.45, 7) is 8.95. The van der Waals surface area contributed by atoms with Gasteiger partial charge in [0.15, 0.2) is 0 Å². The molecule has 5 heteroatoms. The van der Waals surface area contributed by atoms with E-state index < -0.39 is 0 Å². The highest BCUT2D eigenvalue weighted by molar-refractivity contribution is 5.76. The van der Waals surface area contributed by atoms with E-state index in [0.717, 1.165) is 29.4 Å². The fourth-order valence-corrected chi connectivity index (χ4v) is 2.59. The van der Waals surface area contributed by atoms with Gasteiger partial charge >= 0.3 is 0 Å². The van der Waals surface area contributed by atoms with Crippen molar-refractivity contribution in [2.45, 2.75) is 40.3 Å². The fraction of sp³-hybridized carbons (Fsp3) is 0.353. The van der Waals surface area contributed by atoms with Gasteiger partial charge in [-0.1, -0.05) is 6.07 Å². The van der Waals surface area contributed by atoms with Crippen LogP contribution in [0.1, 0.15) is 37.0 Å². The predicted molar refractivity (Wildman–Crippen MR) is 89.0 cm³/mol. The van der Waals surface area contributed by atoms with Gasteiger partial charge in [-0.25, -0.2) is 15.0 Å². The molecule has 1 aromatic carbocycles. The lowest BCUT2D eigenvalue weighted by molar-refractivity contribution is 0.617. The molecule has 0 unspecified atom stereocenters. The molecule has 0 aliphatic rings. The summed E-state index contributed by atoms with van der Waals surface area (Å²) in [5.41, 5.74) is 4.39. The van der Waals surface area contributed by atoms with Crippen LogP contribution in [0.15, 0.2) is 30.6 Å². The molecule has 0 fully saturated rings. The van der Waals surface area contributed by atoms with E-state index in [-0.39, 0.29) is 0 Å². The van der Waals surface area contributed by atoms with E-state index in [2.05, 4.69) is 56.9 Å². The quantitative estimate of drug-likeness (QED) is 0.798. The van der Waals surface area contributed by atoms with Gasteiger partial charge in [-0.05, 0) is 45.4 Å². The molecule has 2 heterocycles. The first-order valence-electron chi connectivity index (χ1n) is 7.54. The van der Waals surface area contributed by atoms with Gasteiger partial charge in [0.25, 0.3) is 0 Å². The molecule has 22 heavy (non-hydrogen) atoms. The standard InChI is InChI=1S/C17H21N5/c1-11(2)22-10-19-15-6-5-14(8-16(15)22)9-18-17-7-12(3)20-13(4)21-17/h5-8,10-11H,9H2,1-4H3,(H,18,20,21). The molecule has 0 aliphatic heterocycles. The van der Waals surface area contributed by atoms with Crippen LogP contribution < -0.4 is 5.32 Å². The first kappa shape index (κ1) is 14.5. The Bertz CT molecular complexity index is 784. The first-order valence-corrected chi connectivity index (χ1v) is 7.54. The van der Waals surface area contributed by atoms with Crippen LogP contribution in [0.25, 0.3) is 11.0 Å². The Balaban J connectivity index is 1.83. The van der Waals surface area contributed by atoms with E-state index in [0.29, 0.717) is 6.04 Å². The molecule has 2 aromatic heterocycles. The van der Waals surface area contributed by atoms with Gasteiger partial charge in [-0.15, -0.1) is 0 Å². The lowest BCUT2D eigenvalue weighted by atomic mass is 10.2. The number of anilines is 1. The normalized spacial score (nSPS) is 11.3. The largest absolute Gasteiger partial charge is 0.366 e. The van der Waals surface area contributed by atoms with E-state index in [1.807, 2.05) is 26.2 Å². The molecule has 0 spiro atoms. The van der Waals surface area contributed by atoms with Crippen LogP contribution in [0.2, 0.25) is 0 Å². The number of rotatable bonds is 4. The molecule has 5 nitrogen and oxygen atoms in total. The Kier molecular flexibility index (Phi) is 3.79. The van der Waals surface area contributed by atoms with Crippen LogP contribution in [0.4, 0.5) is 5.82 Å². The van der Waals surface area contributed by atoms with Crippen molar-refractivity contribution in [3.63, 3.8) is 0 Å². The van der Waals surface area contributed by atoms with Crippen LogP contribution in [0.5, 0.6) is 0 Å². The Morgan fingerprint density at radius 1 is 1.14 bits per heavy atom. The fourth-order valence-electron chi connectivity index (χ4n) is 2.59. The summed E-state index contributed by atoms with van der Waals surface area (Å²) in [5.74, 6) is 1.65. The zero-order valence-electron chi connectivity index (χ0n) is 13.5. The Hall–Kier alpha value is -2.43. The van der Waals surface area contributed by atoms with Crippen molar-refractivity contribution in [2.24, 2.45) is 0 Å².